The lowest BCUT2D eigenvalue weighted by molar-refractivity contribution is -0.121. The summed E-state index contributed by atoms with van der Waals surface area (Å²) >= 11 is 3.30. The Labute approximate surface area is 165 Å². The Kier molecular flexibility index (Phi) is 5.91. The monoisotopic (exact) mass is 430 g/mol. The maximum Gasteiger partial charge on any atom is 0.261 e. The van der Waals surface area contributed by atoms with Crippen LogP contribution in [0.25, 0.3) is 0 Å². The van der Waals surface area contributed by atoms with Gasteiger partial charge in [0.2, 0.25) is 5.91 Å². The first kappa shape index (κ1) is 19.1. The molecule has 1 aliphatic heterocycles. The molecule has 7 heteroatoms. The summed E-state index contributed by atoms with van der Waals surface area (Å²) in [7, 11) is 1.61. The molecule has 6 nitrogen and oxygen atoms in total. The molecule has 140 valence electrons. The van der Waals surface area contributed by atoms with Crippen LogP contribution in [0.5, 0.6) is 5.75 Å². The van der Waals surface area contributed by atoms with Crippen LogP contribution in [0.3, 0.4) is 0 Å². The number of ether oxygens (including phenoxy) is 1. The average molecular weight is 431 g/mol. The predicted octanol–water partition coefficient (Wildman–Crippen LogP) is 2.80. The number of hydrogen-bond donors (Lipinski definition) is 1. The van der Waals surface area contributed by atoms with Crippen molar-refractivity contribution in [2.45, 2.75) is 12.8 Å². The van der Waals surface area contributed by atoms with Crippen molar-refractivity contribution in [1.29, 1.82) is 0 Å². The van der Waals surface area contributed by atoms with E-state index in [2.05, 4.69) is 21.2 Å². The van der Waals surface area contributed by atoms with Crippen LogP contribution in [0.4, 0.5) is 0 Å². The number of carbonyl (C=O) groups excluding carboxylic acids is 3. The second-order valence-electron chi connectivity index (χ2n) is 6.15. The fraction of sp³-hybridized carbons (Fsp3) is 0.250. The molecule has 3 amide bonds. The van der Waals surface area contributed by atoms with Crippen LogP contribution in [0.15, 0.2) is 46.9 Å². The number of hydrogen-bond acceptors (Lipinski definition) is 4. The summed E-state index contributed by atoms with van der Waals surface area (Å²) in [6, 6.07) is 12.6. The topological polar surface area (TPSA) is 75.7 Å². The van der Waals surface area contributed by atoms with Gasteiger partial charge in [0, 0.05) is 24.0 Å². The van der Waals surface area contributed by atoms with Crippen LogP contribution >= 0.6 is 15.9 Å². The molecular weight excluding hydrogens is 412 g/mol. The minimum atomic E-state index is -0.359. The van der Waals surface area contributed by atoms with Crippen molar-refractivity contribution in [1.82, 2.24) is 10.2 Å². The number of methoxy groups -OCH3 is 1. The molecule has 0 saturated carbocycles. The van der Waals surface area contributed by atoms with Gasteiger partial charge in [-0.25, -0.2) is 0 Å². The van der Waals surface area contributed by atoms with Gasteiger partial charge in [-0.15, -0.1) is 0 Å². The van der Waals surface area contributed by atoms with Gasteiger partial charge in [-0.05, 0) is 42.3 Å². The summed E-state index contributed by atoms with van der Waals surface area (Å²) in [5.41, 5.74) is 1.83. The molecule has 0 aliphatic carbocycles. The summed E-state index contributed by atoms with van der Waals surface area (Å²) in [6.45, 7) is 0.554. The minimum Gasteiger partial charge on any atom is -0.497 e. The Morgan fingerprint density at radius 2 is 1.78 bits per heavy atom. The van der Waals surface area contributed by atoms with Gasteiger partial charge in [0.1, 0.15) is 5.75 Å². The predicted molar refractivity (Wildman–Crippen MR) is 104 cm³/mol. The Balaban J connectivity index is 1.46. The highest BCUT2D eigenvalue weighted by Gasteiger charge is 2.35. The van der Waals surface area contributed by atoms with Crippen LogP contribution in [-0.2, 0) is 11.2 Å². The van der Waals surface area contributed by atoms with E-state index < -0.39 is 0 Å². The molecule has 2 aromatic rings. The summed E-state index contributed by atoms with van der Waals surface area (Å²) in [5.74, 6) is -0.118. The quantitative estimate of drug-likeness (QED) is 0.685. The van der Waals surface area contributed by atoms with E-state index in [1.807, 2.05) is 24.3 Å². The standard InChI is InChI=1S/C20H19BrN2O4/c1-27-15-5-2-13(3-6-15)8-10-22-18(24)9-11-23-19(25)16-7-4-14(21)12-17(16)20(23)26/h2-7,12H,8-11H2,1H3,(H,22,24). The molecule has 27 heavy (non-hydrogen) atoms. The number of nitrogens with zero attached hydrogens (tertiary/aromatic N) is 1. The van der Waals surface area contributed by atoms with E-state index in [0.717, 1.165) is 20.7 Å². The highest BCUT2D eigenvalue weighted by molar-refractivity contribution is 9.10. The van der Waals surface area contributed by atoms with Crippen molar-refractivity contribution in [2.24, 2.45) is 0 Å². The van der Waals surface area contributed by atoms with E-state index in [1.54, 1.807) is 25.3 Å². The molecule has 0 aromatic heterocycles. The third-order valence-electron chi connectivity index (χ3n) is 4.39. The Morgan fingerprint density at radius 1 is 1.07 bits per heavy atom. The first-order chi connectivity index (χ1) is 13.0. The van der Waals surface area contributed by atoms with Crippen molar-refractivity contribution in [2.75, 3.05) is 20.2 Å². The van der Waals surface area contributed by atoms with Gasteiger partial charge >= 0.3 is 0 Å². The number of amides is 3. The second kappa shape index (κ2) is 8.35. The van der Waals surface area contributed by atoms with E-state index in [9.17, 15) is 14.4 Å². The first-order valence-electron chi connectivity index (χ1n) is 8.55. The van der Waals surface area contributed by atoms with Crippen LogP contribution in [0, 0.1) is 0 Å². The van der Waals surface area contributed by atoms with Crippen molar-refractivity contribution in [3.8, 4) is 5.75 Å². The van der Waals surface area contributed by atoms with E-state index in [4.69, 9.17) is 4.74 Å². The molecule has 0 unspecified atom stereocenters. The van der Waals surface area contributed by atoms with Gasteiger partial charge in [-0.3, -0.25) is 19.3 Å². The van der Waals surface area contributed by atoms with E-state index in [0.29, 0.717) is 24.1 Å². The highest BCUT2D eigenvalue weighted by atomic mass is 79.9. The maximum atomic E-state index is 12.4. The molecule has 0 bridgehead atoms. The van der Waals surface area contributed by atoms with Gasteiger partial charge < -0.3 is 10.1 Å². The van der Waals surface area contributed by atoms with Crippen LogP contribution < -0.4 is 10.1 Å². The third-order valence-corrected chi connectivity index (χ3v) is 4.88. The van der Waals surface area contributed by atoms with Gasteiger partial charge in [0.05, 0.1) is 18.2 Å². The summed E-state index contributed by atoms with van der Waals surface area (Å²) < 4.78 is 5.84. The summed E-state index contributed by atoms with van der Waals surface area (Å²) in [5, 5.41) is 2.82. The molecule has 1 aliphatic rings. The second-order valence-corrected chi connectivity index (χ2v) is 7.07. The zero-order chi connectivity index (χ0) is 19.4. The van der Waals surface area contributed by atoms with E-state index >= 15 is 0 Å². The van der Waals surface area contributed by atoms with Crippen molar-refractivity contribution >= 4 is 33.7 Å². The lowest BCUT2D eigenvalue weighted by Crippen LogP contribution is -2.35. The van der Waals surface area contributed by atoms with Gasteiger partial charge in [0.15, 0.2) is 0 Å². The molecular formula is C20H19BrN2O4. The van der Waals surface area contributed by atoms with Gasteiger partial charge in [-0.1, -0.05) is 28.1 Å². The lowest BCUT2D eigenvalue weighted by atomic mass is 10.1. The molecule has 0 radical (unpaired) electrons. The number of carbonyl (C=O) groups is 3. The maximum absolute atomic E-state index is 12.4. The lowest BCUT2D eigenvalue weighted by Gasteiger charge is -2.13. The Morgan fingerprint density at radius 3 is 2.48 bits per heavy atom. The largest absolute Gasteiger partial charge is 0.497 e. The molecule has 2 aromatic carbocycles. The van der Waals surface area contributed by atoms with Crippen molar-refractivity contribution in [3.05, 3.63) is 63.6 Å². The SMILES string of the molecule is COc1ccc(CCNC(=O)CCN2C(=O)c3ccc(Br)cc3C2=O)cc1. The van der Waals surface area contributed by atoms with E-state index in [-0.39, 0.29) is 30.7 Å². The zero-order valence-electron chi connectivity index (χ0n) is 14.8. The molecule has 0 spiro atoms. The fourth-order valence-corrected chi connectivity index (χ4v) is 3.27. The molecule has 3 rings (SSSR count). The number of rotatable bonds is 7. The smallest absolute Gasteiger partial charge is 0.261 e. The normalized spacial score (nSPS) is 12.9. The molecule has 1 heterocycles. The number of nitrogens with one attached hydrogen (secondary N) is 1. The molecule has 0 saturated heterocycles. The Hall–Kier alpha value is -2.67. The summed E-state index contributed by atoms with van der Waals surface area (Å²) in [6.07, 6.45) is 0.770. The minimum absolute atomic E-state index is 0.0678. The fourth-order valence-electron chi connectivity index (χ4n) is 2.91. The number of halogens is 1. The van der Waals surface area contributed by atoms with Gasteiger partial charge in [0.25, 0.3) is 11.8 Å². The van der Waals surface area contributed by atoms with Gasteiger partial charge in [-0.2, -0.15) is 0 Å². The highest BCUT2D eigenvalue weighted by Crippen LogP contribution is 2.26. The van der Waals surface area contributed by atoms with Crippen LogP contribution in [0.2, 0.25) is 0 Å². The van der Waals surface area contributed by atoms with E-state index in [1.165, 1.54) is 0 Å². The summed E-state index contributed by atoms with van der Waals surface area (Å²) in [4.78, 5) is 37.9. The average Bonchev–Trinajstić information content (AvgIpc) is 2.90. The molecule has 1 N–H and O–H groups in total. The molecule has 0 fully saturated rings. The zero-order valence-corrected chi connectivity index (χ0v) is 16.4. The van der Waals surface area contributed by atoms with Crippen molar-refractivity contribution in [3.63, 3.8) is 0 Å². The first-order valence-corrected chi connectivity index (χ1v) is 9.34. The van der Waals surface area contributed by atoms with Crippen LogP contribution in [-0.4, -0.2) is 42.8 Å². The number of imide groups is 1. The Bertz CT molecular complexity index is 880. The molecule has 0 atom stereocenters. The third kappa shape index (κ3) is 4.36. The number of fused-ring (bicyclic) bond motifs is 1. The number of benzene rings is 2. The van der Waals surface area contributed by atoms with Crippen molar-refractivity contribution < 1.29 is 19.1 Å². The van der Waals surface area contributed by atoms with Crippen LogP contribution in [0.1, 0.15) is 32.7 Å².